The first-order valence-corrected chi connectivity index (χ1v) is 4.99. The number of hydrogen-bond donors (Lipinski definition) is 0. The summed E-state index contributed by atoms with van der Waals surface area (Å²) in [4.78, 5) is 11.4. The number of methoxy groups -OCH3 is 1. The van der Waals surface area contributed by atoms with E-state index >= 15 is 0 Å². The molecule has 0 aliphatic heterocycles. The van der Waals surface area contributed by atoms with Crippen molar-refractivity contribution in [3.63, 3.8) is 0 Å². The summed E-state index contributed by atoms with van der Waals surface area (Å²) in [5.74, 6) is -0.250. The van der Waals surface area contributed by atoms with Crippen LogP contribution in [0.3, 0.4) is 0 Å². The van der Waals surface area contributed by atoms with Crippen molar-refractivity contribution < 1.29 is 9.53 Å². The Hall–Kier alpha value is -1.05. The van der Waals surface area contributed by atoms with E-state index in [0.29, 0.717) is 5.57 Å². The Balaban J connectivity index is 4.88. The second-order valence-corrected chi connectivity index (χ2v) is 3.35. The fourth-order valence-corrected chi connectivity index (χ4v) is 1.39. The predicted octanol–water partition coefficient (Wildman–Crippen LogP) is 3.24. The zero-order chi connectivity index (χ0) is 11.1. The van der Waals surface area contributed by atoms with Gasteiger partial charge >= 0.3 is 5.97 Å². The van der Waals surface area contributed by atoms with E-state index in [0.717, 1.165) is 18.4 Å². The highest BCUT2D eigenvalue weighted by Gasteiger charge is 2.11. The van der Waals surface area contributed by atoms with Gasteiger partial charge in [0.2, 0.25) is 0 Å². The molecule has 0 aliphatic carbocycles. The third-order valence-electron chi connectivity index (χ3n) is 2.36. The molecule has 0 aromatic heterocycles. The first kappa shape index (κ1) is 12.9. The zero-order valence-electron chi connectivity index (χ0n) is 9.81. The van der Waals surface area contributed by atoms with Crippen molar-refractivity contribution >= 4 is 5.97 Å². The predicted molar refractivity (Wildman–Crippen MR) is 59.1 cm³/mol. The van der Waals surface area contributed by atoms with Crippen molar-refractivity contribution in [2.45, 2.75) is 40.5 Å². The standard InChI is InChI=1S/C12H20O2/c1-6-8-9(3)10(4)11(7-2)12(13)14-5/h7H,6,8H2,1-5H3/b10-9-,11-7+. The van der Waals surface area contributed by atoms with Crippen molar-refractivity contribution in [1.82, 2.24) is 0 Å². The minimum Gasteiger partial charge on any atom is -0.465 e. The Morgan fingerprint density at radius 3 is 2.29 bits per heavy atom. The Labute approximate surface area is 86.6 Å². The lowest BCUT2D eigenvalue weighted by Gasteiger charge is -2.09. The molecule has 0 N–H and O–H groups in total. The van der Waals surface area contributed by atoms with Gasteiger partial charge in [0.15, 0.2) is 0 Å². The quantitative estimate of drug-likeness (QED) is 0.392. The number of carbonyl (C=O) groups is 1. The maximum Gasteiger partial charge on any atom is 0.337 e. The average molecular weight is 196 g/mol. The van der Waals surface area contributed by atoms with Gasteiger partial charge in [-0.1, -0.05) is 25.0 Å². The van der Waals surface area contributed by atoms with Crippen molar-refractivity contribution in [3.8, 4) is 0 Å². The van der Waals surface area contributed by atoms with Gasteiger partial charge in [-0.25, -0.2) is 4.79 Å². The van der Waals surface area contributed by atoms with Crippen LogP contribution in [-0.2, 0) is 9.53 Å². The van der Waals surface area contributed by atoms with E-state index in [1.54, 1.807) is 6.08 Å². The average Bonchev–Trinajstić information content (AvgIpc) is 2.18. The number of esters is 1. The molecule has 0 aliphatic rings. The molecule has 0 atom stereocenters. The van der Waals surface area contributed by atoms with E-state index in [2.05, 4.69) is 13.8 Å². The molecule has 0 aromatic carbocycles. The van der Waals surface area contributed by atoms with Crippen LogP contribution in [0, 0.1) is 0 Å². The Bertz CT molecular complexity index is 259. The lowest BCUT2D eigenvalue weighted by atomic mass is 9.99. The van der Waals surface area contributed by atoms with Crippen molar-refractivity contribution in [2.24, 2.45) is 0 Å². The molecule has 14 heavy (non-hydrogen) atoms. The fraction of sp³-hybridized carbons (Fsp3) is 0.583. The Morgan fingerprint density at radius 1 is 1.36 bits per heavy atom. The van der Waals surface area contributed by atoms with Gasteiger partial charge in [0, 0.05) is 0 Å². The number of hydrogen-bond acceptors (Lipinski definition) is 2. The normalized spacial score (nSPS) is 13.6. The summed E-state index contributed by atoms with van der Waals surface area (Å²) >= 11 is 0. The number of ether oxygens (including phenoxy) is 1. The monoisotopic (exact) mass is 196 g/mol. The summed E-state index contributed by atoms with van der Waals surface area (Å²) < 4.78 is 4.71. The number of carbonyl (C=O) groups excluding carboxylic acids is 1. The van der Waals surface area contributed by atoms with Crippen LogP contribution in [0.1, 0.15) is 40.5 Å². The number of allylic oxidation sites excluding steroid dienone is 2. The summed E-state index contributed by atoms with van der Waals surface area (Å²) in [5.41, 5.74) is 2.98. The molecule has 0 rings (SSSR count). The smallest absolute Gasteiger partial charge is 0.337 e. The van der Waals surface area contributed by atoms with Gasteiger partial charge in [0.05, 0.1) is 12.7 Å². The van der Waals surface area contributed by atoms with E-state index in [1.807, 2.05) is 13.8 Å². The molecule has 0 amide bonds. The molecule has 0 unspecified atom stereocenters. The molecule has 0 bridgehead atoms. The zero-order valence-corrected chi connectivity index (χ0v) is 9.81. The molecular weight excluding hydrogens is 176 g/mol. The Morgan fingerprint density at radius 2 is 1.93 bits per heavy atom. The minimum atomic E-state index is -0.250. The molecule has 2 nitrogen and oxygen atoms in total. The maximum absolute atomic E-state index is 11.4. The molecule has 80 valence electrons. The second-order valence-electron chi connectivity index (χ2n) is 3.35. The SMILES string of the molecule is C/C=C(C(=O)OC)\C(C)=C(\C)CCC. The third kappa shape index (κ3) is 3.36. The Kier molecular flexibility index (Phi) is 5.93. The van der Waals surface area contributed by atoms with E-state index in [1.165, 1.54) is 12.7 Å². The first-order chi connectivity index (χ1) is 6.58. The molecule has 0 saturated heterocycles. The summed E-state index contributed by atoms with van der Waals surface area (Å²) in [7, 11) is 1.41. The highest BCUT2D eigenvalue weighted by Crippen LogP contribution is 2.18. The van der Waals surface area contributed by atoms with Crippen LogP contribution >= 0.6 is 0 Å². The van der Waals surface area contributed by atoms with Crippen molar-refractivity contribution in [1.29, 1.82) is 0 Å². The summed E-state index contributed by atoms with van der Waals surface area (Å²) in [6.07, 6.45) is 3.93. The molecule has 0 aromatic rings. The van der Waals surface area contributed by atoms with Crippen LogP contribution in [0.5, 0.6) is 0 Å². The summed E-state index contributed by atoms with van der Waals surface area (Å²) in [6, 6.07) is 0. The molecule has 0 spiro atoms. The van der Waals surface area contributed by atoms with E-state index in [4.69, 9.17) is 4.74 Å². The van der Waals surface area contributed by atoms with E-state index in [9.17, 15) is 4.79 Å². The summed E-state index contributed by atoms with van der Waals surface area (Å²) in [6.45, 7) is 8.02. The van der Waals surface area contributed by atoms with Gasteiger partial charge in [-0.15, -0.1) is 0 Å². The summed E-state index contributed by atoms with van der Waals surface area (Å²) in [5, 5.41) is 0. The van der Waals surface area contributed by atoms with Crippen LogP contribution < -0.4 is 0 Å². The van der Waals surface area contributed by atoms with Gasteiger partial charge < -0.3 is 4.74 Å². The fourth-order valence-electron chi connectivity index (χ4n) is 1.39. The van der Waals surface area contributed by atoms with Gasteiger partial charge in [-0.2, -0.15) is 0 Å². The highest BCUT2D eigenvalue weighted by atomic mass is 16.5. The van der Waals surface area contributed by atoms with E-state index < -0.39 is 0 Å². The lowest BCUT2D eigenvalue weighted by Crippen LogP contribution is -2.06. The molecule has 0 saturated carbocycles. The van der Waals surface area contributed by atoms with Gasteiger partial charge in [0.25, 0.3) is 0 Å². The lowest BCUT2D eigenvalue weighted by molar-refractivity contribution is -0.135. The molecule has 0 radical (unpaired) electrons. The van der Waals surface area contributed by atoms with Gasteiger partial charge in [-0.3, -0.25) is 0 Å². The molecule has 0 fully saturated rings. The van der Waals surface area contributed by atoms with Crippen molar-refractivity contribution in [2.75, 3.05) is 7.11 Å². The maximum atomic E-state index is 11.4. The number of rotatable bonds is 4. The first-order valence-electron chi connectivity index (χ1n) is 4.99. The van der Waals surface area contributed by atoms with Crippen LogP contribution in [0.25, 0.3) is 0 Å². The largest absolute Gasteiger partial charge is 0.465 e. The molecular formula is C12H20O2. The third-order valence-corrected chi connectivity index (χ3v) is 2.36. The highest BCUT2D eigenvalue weighted by molar-refractivity contribution is 5.93. The van der Waals surface area contributed by atoms with Crippen LogP contribution in [-0.4, -0.2) is 13.1 Å². The van der Waals surface area contributed by atoms with Gasteiger partial charge in [0.1, 0.15) is 0 Å². The second kappa shape index (κ2) is 6.41. The van der Waals surface area contributed by atoms with Gasteiger partial charge in [-0.05, 0) is 32.8 Å². The van der Waals surface area contributed by atoms with Crippen LogP contribution in [0.4, 0.5) is 0 Å². The van der Waals surface area contributed by atoms with Crippen LogP contribution in [0.2, 0.25) is 0 Å². The topological polar surface area (TPSA) is 26.3 Å². The van der Waals surface area contributed by atoms with Crippen LogP contribution in [0.15, 0.2) is 22.8 Å². The molecule has 2 heteroatoms. The molecule has 0 heterocycles. The van der Waals surface area contributed by atoms with Crippen molar-refractivity contribution in [3.05, 3.63) is 22.8 Å². The van der Waals surface area contributed by atoms with E-state index in [-0.39, 0.29) is 5.97 Å². The minimum absolute atomic E-state index is 0.250.